The molecule has 2 nitrogen and oxygen atoms in total. The van der Waals surface area contributed by atoms with Crippen LogP contribution in [0.2, 0.25) is 0 Å². The smallest absolute Gasteiger partial charge is 0.0813 e. The van der Waals surface area contributed by atoms with E-state index in [0.717, 1.165) is 19.0 Å². The fraction of sp³-hybridized carbons (Fsp3) is 1.00. The molecule has 0 amide bonds. The molecule has 1 aliphatic carbocycles. The summed E-state index contributed by atoms with van der Waals surface area (Å²) in [5.74, 6) is 0.909. The molecule has 0 bridgehead atoms. The van der Waals surface area contributed by atoms with Gasteiger partial charge in [0.05, 0.1) is 11.7 Å². The number of morpholine rings is 1. The van der Waals surface area contributed by atoms with Gasteiger partial charge in [-0.2, -0.15) is 0 Å². The van der Waals surface area contributed by atoms with Crippen molar-refractivity contribution < 1.29 is 4.74 Å². The van der Waals surface area contributed by atoms with E-state index in [0.29, 0.717) is 6.10 Å². The van der Waals surface area contributed by atoms with E-state index in [-0.39, 0.29) is 5.60 Å². The zero-order valence-electron chi connectivity index (χ0n) is 8.81. The van der Waals surface area contributed by atoms with Gasteiger partial charge in [-0.15, -0.1) is 0 Å². The third kappa shape index (κ3) is 1.89. The number of nitrogens with one attached hydrogen (secondary N) is 1. The van der Waals surface area contributed by atoms with Crippen LogP contribution in [-0.4, -0.2) is 24.8 Å². The molecule has 1 spiro atoms. The molecule has 76 valence electrons. The van der Waals surface area contributed by atoms with Gasteiger partial charge < -0.3 is 10.1 Å². The second-order valence-electron chi connectivity index (χ2n) is 4.76. The van der Waals surface area contributed by atoms with Gasteiger partial charge in [-0.3, -0.25) is 0 Å². The molecule has 0 aromatic heterocycles. The lowest BCUT2D eigenvalue weighted by Crippen LogP contribution is -2.51. The minimum absolute atomic E-state index is 0.207. The molecule has 1 saturated heterocycles. The zero-order valence-corrected chi connectivity index (χ0v) is 8.81. The molecule has 0 radical (unpaired) electrons. The summed E-state index contributed by atoms with van der Waals surface area (Å²) in [4.78, 5) is 0. The summed E-state index contributed by atoms with van der Waals surface area (Å²) in [7, 11) is 0. The topological polar surface area (TPSA) is 21.3 Å². The third-order valence-corrected chi connectivity index (χ3v) is 3.58. The monoisotopic (exact) mass is 183 g/mol. The molecule has 2 fully saturated rings. The summed E-state index contributed by atoms with van der Waals surface area (Å²) in [6.07, 6.45) is 5.64. The van der Waals surface area contributed by atoms with Crippen molar-refractivity contribution in [1.29, 1.82) is 0 Å². The van der Waals surface area contributed by atoms with Gasteiger partial charge in [0.1, 0.15) is 0 Å². The SMILES string of the molecule is CCC1CCC2(CNCC(C)O2)C1. The van der Waals surface area contributed by atoms with Crippen molar-refractivity contribution in [3.63, 3.8) is 0 Å². The van der Waals surface area contributed by atoms with E-state index in [9.17, 15) is 0 Å². The lowest BCUT2D eigenvalue weighted by atomic mass is 9.97. The second-order valence-corrected chi connectivity index (χ2v) is 4.76. The molecule has 1 aliphatic heterocycles. The molecule has 0 aromatic rings. The Morgan fingerprint density at radius 1 is 1.54 bits per heavy atom. The Morgan fingerprint density at radius 2 is 2.38 bits per heavy atom. The highest BCUT2D eigenvalue weighted by Crippen LogP contribution is 2.40. The number of rotatable bonds is 1. The van der Waals surface area contributed by atoms with Crippen molar-refractivity contribution in [2.75, 3.05) is 13.1 Å². The van der Waals surface area contributed by atoms with Gasteiger partial charge in [0, 0.05) is 13.1 Å². The maximum Gasteiger partial charge on any atom is 0.0813 e. The zero-order chi connectivity index (χ0) is 9.31. The van der Waals surface area contributed by atoms with Crippen LogP contribution in [0.5, 0.6) is 0 Å². The van der Waals surface area contributed by atoms with E-state index in [1.165, 1.54) is 25.7 Å². The van der Waals surface area contributed by atoms with Crippen molar-refractivity contribution in [2.45, 2.75) is 51.2 Å². The predicted molar refractivity (Wildman–Crippen MR) is 53.8 cm³/mol. The van der Waals surface area contributed by atoms with Crippen molar-refractivity contribution in [3.8, 4) is 0 Å². The fourth-order valence-corrected chi connectivity index (χ4v) is 2.83. The molecule has 1 saturated carbocycles. The Balaban J connectivity index is 1.97. The molecule has 2 aliphatic rings. The Bertz CT molecular complexity index is 183. The van der Waals surface area contributed by atoms with Gasteiger partial charge in [0.25, 0.3) is 0 Å². The maximum absolute atomic E-state index is 6.10. The quantitative estimate of drug-likeness (QED) is 0.671. The van der Waals surface area contributed by atoms with Crippen LogP contribution in [0.4, 0.5) is 0 Å². The highest BCUT2D eigenvalue weighted by atomic mass is 16.5. The van der Waals surface area contributed by atoms with Gasteiger partial charge in [0.2, 0.25) is 0 Å². The van der Waals surface area contributed by atoms with Gasteiger partial charge in [-0.25, -0.2) is 0 Å². The molecule has 3 unspecified atom stereocenters. The van der Waals surface area contributed by atoms with Crippen LogP contribution in [0, 0.1) is 5.92 Å². The van der Waals surface area contributed by atoms with Crippen LogP contribution in [0.3, 0.4) is 0 Å². The van der Waals surface area contributed by atoms with Gasteiger partial charge in [0.15, 0.2) is 0 Å². The third-order valence-electron chi connectivity index (χ3n) is 3.58. The Hall–Kier alpha value is -0.0800. The first-order chi connectivity index (χ1) is 6.24. The summed E-state index contributed by atoms with van der Waals surface area (Å²) >= 11 is 0. The van der Waals surface area contributed by atoms with Crippen molar-refractivity contribution in [1.82, 2.24) is 5.32 Å². The highest BCUT2D eigenvalue weighted by molar-refractivity contribution is 4.95. The van der Waals surface area contributed by atoms with Crippen LogP contribution >= 0.6 is 0 Å². The average molecular weight is 183 g/mol. The number of hydrogen-bond donors (Lipinski definition) is 1. The number of ether oxygens (including phenoxy) is 1. The van der Waals surface area contributed by atoms with Gasteiger partial charge in [-0.1, -0.05) is 13.3 Å². The summed E-state index contributed by atoms with van der Waals surface area (Å²) < 4.78 is 6.10. The lowest BCUT2D eigenvalue weighted by molar-refractivity contribution is -0.106. The summed E-state index contributed by atoms with van der Waals surface area (Å²) in [5.41, 5.74) is 0.207. The Labute approximate surface area is 81.0 Å². The molecule has 3 atom stereocenters. The first kappa shape index (κ1) is 9.47. The lowest BCUT2D eigenvalue weighted by Gasteiger charge is -2.38. The predicted octanol–water partition coefficient (Wildman–Crippen LogP) is 1.94. The molecule has 2 rings (SSSR count). The molecule has 13 heavy (non-hydrogen) atoms. The van der Waals surface area contributed by atoms with Gasteiger partial charge in [-0.05, 0) is 32.1 Å². The van der Waals surface area contributed by atoms with E-state index in [2.05, 4.69) is 19.2 Å². The second kappa shape index (κ2) is 3.58. The Morgan fingerprint density at radius 3 is 3.00 bits per heavy atom. The molecule has 2 heteroatoms. The van der Waals surface area contributed by atoms with E-state index >= 15 is 0 Å². The molecule has 0 aromatic carbocycles. The summed E-state index contributed by atoms with van der Waals surface area (Å²) in [6.45, 7) is 6.57. The van der Waals surface area contributed by atoms with E-state index in [4.69, 9.17) is 4.74 Å². The molecular formula is C11H21NO. The first-order valence-corrected chi connectivity index (χ1v) is 5.63. The van der Waals surface area contributed by atoms with E-state index in [1.807, 2.05) is 0 Å². The standard InChI is InChI=1S/C11H21NO/c1-3-10-4-5-11(6-10)8-12-7-9(2)13-11/h9-10,12H,3-8H2,1-2H3. The molecule has 1 heterocycles. The maximum atomic E-state index is 6.10. The van der Waals surface area contributed by atoms with Crippen molar-refractivity contribution >= 4 is 0 Å². The molecular weight excluding hydrogens is 162 g/mol. The minimum atomic E-state index is 0.207. The molecule has 1 N–H and O–H groups in total. The fourth-order valence-electron chi connectivity index (χ4n) is 2.83. The first-order valence-electron chi connectivity index (χ1n) is 5.63. The number of hydrogen-bond acceptors (Lipinski definition) is 2. The normalized spacial score (nSPS) is 45.7. The van der Waals surface area contributed by atoms with Crippen LogP contribution in [0.15, 0.2) is 0 Å². The van der Waals surface area contributed by atoms with E-state index in [1.54, 1.807) is 0 Å². The van der Waals surface area contributed by atoms with Crippen molar-refractivity contribution in [2.24, 2.45) is 5.92 Å². The largest absolute Gasteiger partial charge is 0.369 e. The average Bonchev–Trinajstić information content (AvgIpc) is 2.48. The van der Waals surface area contributed by atoms with Crippen LogP contribution in [0.25, 0.3) is 0 Å². The van der Waals surface area contributed by atoms with Crippen LogP contribution in [-0.2, 0) is 4.74 Å². The Kier molecular flexibility index (Phi) is 2.61. The van der Waals surface area contributed by atoms with Crippen LogP contribution < -0.4 is 5.32 Å². The highest BCUT2D eigenvalue weighted by Gasteiger charge is 2.42. The summed E-state index contributed by atoms with van der Waals surface area (Å²) in [6, 6.07) is 0. The van der Waals surface area contributed by atoms with E-state index < -0.39 is 0 Å². The minimum Gasteiger partial charge on any atom is -0.369 e. The van der Waals surface area contributed by atoms with Gasteiger partial charge >= 0.3 is 0 Å². The van der Waals surface area contributed by atoms with Crippen molar-refractivity contribution in [3.05, 3.63) is 0 Å². The summed E-state index contributed by atoms with van der Waals surface area (Å²) in [5, 5.41) is 3.49. The van der Waals surface area contributed by atoms with Crippen LogP contribution in [0.1, 0.15) is 39.5 Å².